The molecule has 3 aromatic rings. The summed E-state index contributed by atoms with van der Waals surface area (Å²) < 4.78 is 5.27. The number of pyridine rings is 2. The highest BCUT2D eigenvalue weighted by Gasteiger charge is 2.12. The van der Waals surface area contributed by atoms with Crippen LogP contribution in [0, 0.1) is 0 Å². The van der Waals surface area contributed by atoms with Gasteiger partial charge in [0.2, 0.25) is 0 Å². The van der Waals surface area contributed by atoms with E-state index in [1.165, 1.54) is 11.8 Å². The fourth-order valence-corrected chi connectivity index (χ4v) is 2.88. The summed E-state index contributed by atoms with van der Waals surface area (Å²) in [5.41, 5.74) is 3.03. The summed E-state index contributed by atoms with van der Waals surface area (Å²) in [7, 11) is 3.51. The van der Waals surface area contributed by atoms with Gasteiger partial charge in [0.05, 0.1) is 30.2 Å². The van der Waals surface area contributed by atoms with E-state index < -0.39 is 0 Å². The molecule has 0 aliphatic carbocycles. The molecule has 2 heterocycles. The first kappa shape index (κ1) is 19.6. The summed E-state index contributed by atoms with van der Waals surface area (Å²) in [6, 6.07) is 10.9. The van der Waals surface area contributed by atoms with Crippen molar-refractivity contribution in [2.24, 2.45) is 0 Å². The maximum Gasteiger partial charge on any atom is 0.257 e. The van der Waals surface area contributed by atoms with Crippen LogP contribution >= 0.6 is 11.6 Å². The van der Waals surface area contributed by atoms with Crippen molar-refractivity contribution in [3.63, 3.8) is 0 Å². The lowest BCUT2D eigenvalue weighted by molar-refractivity contribution is 0.102. The first-order valence-electron chi connectivity index (χ1n) is 8.77. The molecule has 0 unspecified atom stereocenters. The maximum atomic E-state index is 12.7. The third-order valence-corrected chi connectivity index (χ3v) is 4.56. The number of halogens is 1. The van der Waals surface area contributed by atoms with Crippen LogP contribution in [-0.4, -0.2) is 36.6 Å². The summed E-state index contributed by atoms with van der Waals surface area (Å²) in [4.78, 5) is 23.0. The van der Waals surface area contributed by atoms with Crippen molar-refractivity contribution in [1.29, 1.82) is 0 Å². The van der Waals surface area contributed by atoms with Crippen molar-refractivity contribution in [2.75, 3.05) is 30.9 Å². The number of hydrogen-bond donors (Lipinski definition) is 1. The molecule has 1 N–H and O–H groups in total. The van der Waals surface area contributed by atoms with E-state index in [-0.39, 0.29) is 5.91 Å². The number of carbonyl (C=O) groups is 1. The number of amides is 1. The van der Waals surface area contributed by atoms with Crippen LogP contribution in [0.4, 0.5) is 11.4 Å². The largest absolute Gasteiger partial charge is 0.495 e. The van der Waals surface area contributed by atoms with Gasteiger partial charge >= 0.3 is 0 Å². The molecular weight excluding hydrogens is 376 g/mol. The number of benzene rings is 1. The molecule has 0 atom stereocenters. The standard InChI is InChI=1S/C21H21ClN4O2/c1-26(10-7-15-5-8-23-9-6-15)18-11-16(13-24-14-18)21(27)25-19-12-17(22)3-4-20(19)28-2/h3-6,8-9,11-14H,7,10H2,1-2H3,(H,25,27). The molecule has 0 aliphatic heterocycles. The second-order valence-corrected chi connectivity index (χ2v) is 6.69. The highest BCUT2D eigenvalue weighted by Crippen LogP contribution is 2.28. The molecule has 2 aromatic heterocycles. The van der Waals surface area contributed by atoms with Crippen molar-refractivity contribution in [1.82, 2.24) is 9.97 Å². The Morgan fingerprint density at radius 3 is 2.68 bits per heavy atom. The molecule has 144 valence electrons. The minimum absolute atomic E-state index is 0.280. The van der Waals surface area contributed by atoms with Gasteiger partial charge in [-0.05, 0) is 48.4 Å². The molecule has 0 saturated carbocycles. The van der Waals surface area contributed by atoms with Gasteiger partial charge in [0.15, 0.2) is 0 Å². The van der Waals surface area contributed by atoms with Gasteiger partial charge in [-0.2, -0.15) is 0 Å². The molecule has 0 fully saturated rings. The number of ether oxygens (including phenoxy) is 1. The van der Waals surface area contributed by atoms with Crippen molar-refractivity contribution < 1.29 is 9.53 Å². The number of carbonyl (C=O) groups excluding carboxylic acids is 1. The number of anilines is 2. The molecule has 0 bridgehead atoms. The summed E-state index contributed by atoms with van der Waals surface area (Å²) in [6.07, 6.45) is 7.71. The molecule has 7 heteroatoms. The Hall–Kier alpha value is -3.12. The van der Waals surface area contributed by atoms with Gasteiger partial charge < -0.3 is 15.0 Å². The Kier molecular flexibility index (Phi) is 6.45. The van der Waals surface area contributed by atoms with Gasteiger partial charge in [-0.15, -0.1) is 0 Å². The van der Waals surface area contributed by atoms with Crippen LogP contribution in [0.5, 0.6) is 5.75 Å². The van der Waals surface area contributed by atoms with Crippen LogP contribution < -0.4 is 15.0 Å². The predicted octanol–water partition coefficient (Wildman–Crippen LogP) is 4.07. The zero-order valence-corrected chi connectivity index (χ0v) is 16.5. The van der Waals surface area contributed by atoms with Crippen LogP contribution in [0.2, 0.25) is 5.02 Å². The molecule has 6 nitrogen and oxygen atoms in total. The Bertz CT molecular complexity index is 950. The number of nitrogens with one attached hydrogen (secondary N) is 1. The number of hydrogen-bond acceptors (Lipinski definition) is 5. The maximum absolute atomic E-state index is 12.7. The molecule has 0 radical (unpaired) electrons. The summed E-state index contributed by atoms with van der Waals surface area (Å²) in [6.45, 7) is 0.791. The Balaban J connectivity index is 1.70. The van der Waals surface area contributed by atoms with Crippen molar-refractivity contribution in [3.05, 3.63) is 77.3 Å². The number of likely N-dealkylation sites (N-methyl/N-ethyl adjacent to an activating group) is 1. The van der Waals surface area contributed by atoms with E-state index in [0.717, 1.165) is 18.7 Å². The minimum Gasteiger partial charge on any atom is -0.495 e. The van der Waals surface area contributed by atoms with Gasteiger partial charge in [0.1, 0.15) is 5.75 Å². The molecule has 0 spiro atoms. The number of rotatable bonds is 7. The molecule has 1 aromatic carbocycles. The topological polar surface area (TPSA) is 67.3 Å². The fourth-order valence-electron chi connectivity index (χ4n) is 2.71. The lowest BCUT2D eigenvalue weighted by atomic mass is 10.2. The first-order chi connectivity index (χ1) is 13.6. The highest BCUT2D eigenvalue weighted by atomic mass is 35.5. The van der Waals surface area contributed by atoms with E-state index in [4.69, 9.17) is 16.3 Å². The second kappa shape index (κ2) is 9.19. The number of aromatic nitrogens is 2. The summed E-state index contributed by atoms with van der Waals surface area (Å²) in [5, 5.41) is 3.34. The van der Waals surface area contributed by atoms with Crippen molar-refractivity contribution in [3.8, 4) is 5.75 Å². The van der Waals surface area contributed by atoms with E-state index in [1.807, 2.05) is 25.2 Å². The van der Waals surface area contributed by atoms with E-state index in [1.54, 1.807) is 43.9 Å². The summed E-state index contributed by atoms with van der Waals surface area (Å²) >= 11 is 6.03. The molecular formula is C21H21ClN4O2. The third-order valence-electron chi connectivity index (χ3n) is 4.32. The second-order valence-electron chi connectivity index (χ2n) is 6.26. The van der Waals surface area contributed by atoms with Crippen LogP contribution in [0.3, 0.4) is 0 Å². The molecule has 3 rings (SSSR count). The summed E-state index contributed by atoms with van der Waals surface area (Å²) in [5.74, 6) is 0.258. The average Bonchev–Trinajstić information content (AvgIpc) is 2.73. The Labute approximate surface area is 169 Å². The number of methoxy groups -OCH3 is 1. The van der Waals surface area contributed by atoms with E-state index >= 15 is 0 Å². The van der Waals surface area contributed by atoms with Gasteiger partial charge in [-0.1, -0.05) is 11.6 Å². The Morgan fingerprint density at radius 1 is 1.14 bits per heavy atom. The zero-order valence-electron chi connectivity index (χ0n) is 15.7. The van der Waals surface area contributed by atoms with Crippen molar-refractivity contribution >= 4 is 28.9 Å². The highest BCUT2D eigenvalue weighted by molar-refractivity contribution is 6.31. The van der Waals surface area contributed by atoms with Crippen molar-refractivity contribution in [2.45, 2.75) is 6.42 Å². The van der Waals surface area contributed by atoms with Gasteiger partial charge in [0.25, 0.3) is 5.91 Å². The quantitative estimate of drug-likeness (QED) is 0.652. The molecule has 0 aliphatic rings. The van der Waals surface area contributed by atoms with Gasteiger partial charge in [0, 0.05) is 37.2 Å². The Morgan fingerprint density at radius 2 is 1.93 bits per heavy atom. The third kappa shape index (κ3) is 4.98. The minimum atomic E-state index is -0.280. The van der Waals surface area contributed by atoms with E-state index in [2.05, 4.69) is 20.2 Å². The van der Waals surface area contributed by atoms with Crippen LogP contribution in [0.1, 0.15) is 15.9 Å². The normalized spacial score (nSPS) is 10.4. The lowest BCUT2D eigenvalue weighted by Gasteiger charge is -2.19. The zero-order chi connectivity index (χ0) is 19.9. The lowest BCUT2D eigenvalue weighted by Crippen LogP contribution is -2.21. The predicted molar refractivity (Wildman–Crippen MR) is 111 cm³/mol. The van der Waals surface area contributed by atoms with Crippen LogP contribution in [0.25, 0.3) is 0 Å². The SMILES string of the molecule is COc1ccc(Cl)cc1NC(=O)c1cncc(N(C)CCc2ccncc2)c1. The average molecular weight is 397 g/mol. The monoisotopic (exact) mass is 396 g/mol. The number of nitrogens with zero attached hydrogens (tertiary/aromatic N) is 3. The van der Waals surface area contributed by atoms with Crippen LogP contribution in [0.15, 0.2) is 61.2 Å². The van der Waals surface area contributed by atoms with Crippen LogP contribution in [-0.2, 0) is 6.42 Å². The van der Waals surface area contributed by atoms with Gasteiger partial charge in [-0.3, -0.25) is 14.8 Å². The molecule has 1 amide bonds. The van der Waals surface area contributed by atoms with Gasteiger partial charge in [-0.25, -0.2) is 0 Å². The first-order valence-corrected chi connectivity index (χ1v) is 9.14. The van der Waals surface area contributed by atoms with E-state index in [9.17, 15) is 4.79 Å². The fraction of sp³-hybridized carbons (Fsp3) is 0.190. The molecule has 0 saturated heterocycles. The molecule has 28 heavy (non-hydrogen) atoms. The smallest absolute Gasteiger partial charge is 0.257 e. The van der Waals surface area contributed by atoms with E-state index in [0.29, 0.717) is 22.0 Å².